The molecule has 2 aliphatic heterocycles. The van der Waals surface area contributed by atoms with E-state index in [9.17, 15) is 18.0 Å². The maximum absolute atomic E-state index is 13.0. The summed E-state index contributed by atoms with van der Waals surface area (Å²) in [5.74, 6) is -1.24. The van der Waals surface area contributed by atoms with Gasteiger partial charge in [-0.1, -0.05) is 0 Å². The van der Waals surface area contributed by atoms with Crippen LogP contribution in [0.2, 0.25) is 0 Å². The van der Waals surface area contributed by atoms with E-state index < -0.39 is 12.0 Å². The third-order valence-corrected chi connectivity index (χ3v) is 6.32. The van der Waals surface area contributed by atoms with E-state index in [4.69, 9.17) is 4.74 Å². The summed E-state index contributed by atoms with van der Waals surface area (Å²) in [5.41, 5.74) is 1.84. The van der Waals surface area contributed by atoms with Crippen molar-refractivity contribution in [3.63, 3.8) is 0 Å². The average molecular weight is 454 g/mol. The molecule has 0 aromatic carbocycles. The highest BCUT2D eigenvalue weighted by atomic mass is 19.4. The molecule has 2 fully saturated rings. The zero-order chi connectivity index (χ0) is 22.9. The first-order valence-electron chi connectivity index (χ1n) is 11.1. The minimum atomic E-state index is -4.63. The second-order valence-corrected chi connectivity index (χ2v) is 8.58. The number of nitrogens with zero attached hydrogens (tertiary/aromatic N) is 6. The van der Waals surface area contributed by atoms with Crippen LogP contribution in [0.5, 0.6) is 0 Å². The van der Waals surface area contributed by atoms with Crippen molar-refractivity contribution in [3.05, 3.63) is 22.8 Å². The smallest absolute Gasteiger partial charge is 0.377 e. The van der Waals surface area contributed by atoms with Crippen LogP contribution in [-0.2, 0) is 22.1 Å². The molecule has 0 spiro atoms. The van der Waals surface area contributed by atoms with Crippen molar-refractivity contribution in [2.75, 3.05) is 39.3 Å². The van der Waals surface area contributed by atoms with Crippen LogP contribution in [0.25, 0.3) is 5.78 Å². The molecule has 176 valence electrons. The Morgan fingerprint density at radius 3 is 2.66 bits per heavy atom. The molecule has 1 amide bonds. The number of hydrogen-bond donors (Lipinski definition) is 0. The Hall–Kier alpha value is -2.27. The number of amides is 1. The Morgan fingerprint density at radius 2 is 1.94 bits per heavy atom. The number of rotatable bonds is 5. The van der Waals surface area contributed by atoms with Gasteiger partial charge in [0.2, 0.25) is 5.91 Å². The fourth-order valence-electron chi connectivity index (χ4n) is 4.56. The van der Waals surface area contributed by atoms with Gasteiger partial charge in [0, 0.05) is 50.6 Å². The average Bonchev–Trinajstić information content (AvgIpc) is 3.33. The van der Waals surface area contributed by atoms with E-state index in [1.165, 1.54) is 0 Å². The number of carbonyl (C=O) groups is 1. The Labute approximate surface area is 184 Å². The zero-order valence-corrected chi connectivity index (χ0v) is 18.5. The van der Waals surface area contributed by atoms with Gasteiger partial charge in [-0.25, -0.2) is 9.50 Å². The van der Waals surface area contributed by atoms with Crippen molar-refractivity contribution in [3.8, 4) is 0 Å². The zero-order valence-electron chi connectivity index (χ0n) is 18.5. The molecule has 1 atom stereocenters. The van der Waals surface area contributed by atoms with Crippen LogP contribution in [0.15, 0.2) is 0 Å². The van der Waals surface area contributed by atoms with Crippen LogP contribution in [0.1, 0.15) is 48.5 Å². The van der Waals surface area contributed by atoms with E-state index in [0.29, 0.717) is 37.0 Å². The first kappa shape index (κ1) is 22.9. The van der Waals surface area contributed by atoms with Crippen molar-refractivity contribution in [2.24, 2.45) is 0 Å². The predicted octanol–water partition coefficient (Wildman–Crippen LogP) is 2.41. The monoisotopic (exact) mass is 454 g/mol. The lowest BCUT2D eigenvalue weighted by atomic mass is 10.1. The number of halogens is 3. The molecule has 2 aliphatic rings. The molecule has 2 aromatic heterocycles. The number of aromatic nitrogens is 4. The van der Waals surface area contributed by atoms with E-state index in [2.05, 4.69) is 20.0 Å². The summed E-state index contributed by atoms with van der Waals surface area (Å²) in [6.45, 7) is 8.35. The number of hydrogen-bond acceptors (Lipinski definition) is 6. The fraction of sp³-hybridized carbons (Fsp3) is 0.714. The van der Waals surface area contributed by atoms with Gasteiger partial charge < -0.3 is 9.64 Å². The van der Waals surface area contributed by atoms with Crippen LogP contribution in [-0.4, -0.2) is 80.7 Å². The topological polar surface area (TPSA) is 75.9 Å². The summed E-state index contributed by atoms with van der Waals surface area (Å²) >= 11 is 0. The van der Waals surface area contributed by atoms with Crippen molar-refractivity contribution in [2.45, 2.75) is 58.2 Å². The molecular formula is C21H29F3N6O2. The third kappa shape index (κ3) is 5.03. The lowest BCUT2D eigenvalue weighted by molar-refractivity contribution is -0.144. The molecule has 8 nitrogen and oxygen atoms in total. The summed E-state index contributed by atoms with van der Waals surface area (Å²) in [6, 6.07) is 0. The molecule has 0 bridgehead atoms. The minimum Gasteiger partial charge on any atom is -0.377 e. The predicted molar refractivity (Wildman–Crippen MR) is 110 cm³/mol. The van der Waals surface area contributed by atoms with Crippen LogP contribution >= 0.6 is 0 Å². The second-order valence-electron chi connectivity index (χ2n) is 8.58. The van der Waals surface area contributed by atoms with Gasteiger partial charge in [0.05, 0.1) is 6.10 Å². The Bertz CT molecular complexity index is 971. The Balaban J connectivity index is 1.38. The number of alkyl halides is 3. The molecule has 0 radical (unpaired) electrons. The van der Waals surface area contributed by atoms with Crippen molar-refractivity contribution >= 4 is 11.7 Å². The Kier molecular flexibility index (Phi) is 6.66. The molecule has 0 N–H and O–H groups in total. The highest BCUT2D eigenvalue weighted by Crippen LogP contribution is 2.27. The van der Waals surface area contributed by atoms with Crippen LogP contribution in [0.3, 0.4) is 0 Å². The van der Waals surface area contributed by atoms with Gasteiger partial charge in [-0.3, -0.25) is 9.69 Å². The quantitative estimate of drug-likeness (QED) is 0.691. The van der Waals surface area contributed by atoms with E-state index in [1.54, 1.807) is 13.8 Å². The van der Waals surface area contributed by atoms with E-state index in [0.717, 1.165) is 55.6 Å². The number of fused-ring (bicyclic) bond motifs is 1. The maximum Gasteiger partial charge on any atom is 0.453 e. The van der Waals surface area contributed by atoms with Crippen LogP contribution in [0, 0.1) is 13.8 Å². The molecule has 0 unspecified atom stereocenters. The fourth-order valence-corrected chi connectivity index (χ4v) is 4.56. The largest absolute Gasteiger partial charge is 0.453 e. The van der Waals surface area contributed by atoms with Gasteiger partial charge in [-0.15, -0.1) is 5.10 Å². The lowest BCUT2D eigenvalue weighted by Gasteiger charge is -2.24. The summed E-state index contributed by atoms with van der Waals surface area (Å²) in [4.78, 5) is 24.8. The molecule has 32 heavy (non-hydrogen) atoms. The molecule has 4 heterocycles. The van der Waals surface area contributed by atoms with E-state index in [-0.39, 0.29) is 18.1 Å². The highest BCUT2D eigenvalue weighted by Gasteiger charge is 2.37. The highest BCUT2D eigenvalue weighted by molar-refractivity contribution is 5.76. The normalized spacial score (nSPS) is 20.8. The van der Waals surface area contributed by atoms with Gasteiger partial charge in [-0.2, -0.15) is 18.2 Å². The van der Waals surface area contributed by atoms with Gasteiger partial charge >= 0.3 is 6.18 Å². The van der Waals surface area contributed by atoms with Gasteiger partial charge in [0.25, 0.3) is 11.6 Å². The van der Waals surface area contributed by atoms with Gasteiger partial charge in [0.1, 0.15) is 0 Å². The van der Waals surface area contributed by atoms with E-state index in [1.807, 2.05) is 4.90 Å². The van der Waals surface area contributed by atoms with E-state index >= 15 is 0 Å². The number of carbonyl (C=O) groups excluding carboxylic acids is 1. The van der Waals surface area contributed by atoms with Crippen LogP contribution < -0.4 is 0 Å². The van der Waals surface area contributed by atoms with Gasteiger partial charge in [0.15, 0.2) is 0 Å². The molecule has 4 rings (SSSR count). The summed E-state index contributed by atoms with van der Waals surface area (Å²) in [5, 5.41) is 3.57. The lowest BCUT2D eigenvalue weighted by Crippen LogP contribution is -2.37. The second kappa shape index (κ2) is 9.30. The first-order chi connectivity index (χ1) is 15.2. The third-order valence-electron chi connectivity index (χ3n) is 6.32. The Morgan fingerprint density at radius 1 is 1.12 bits per heavy atom. The molecule has 0 saturated carbocycles. The number of ether oxygens (including phenoxy) is 1. The number of aryl methyl sites for hydroxylation is 2. The first-order valence-corrected chi connectivity index (χ1v) is 11.1. The molecular weight excluding hydrogens is 425 g/mol. The van der Waals surface area contributed by atoms with Crippen molar-refractivity contribution < 1.29 is 22.7 Å². The maximum atomic E-state index is 13.0. The summed E-state index contributed by atoms with van der Waals surface area (Å²) < 4.78 is 45.7. The SMILES string of the molecule is Cc1nc2nc(C(F)(F)F)nn2c(C)c1CCC(=O)N1CCCN(C[C@@H]2CCCO2)CC1. The standard InChI is InChI=1S/C21H29F3N6O2/c1-14-17(15(2)30-20(25-14)26-19(27-30)21(22,23)24)6-7-18(31)29-9-4-8-28(10-11-29)13-16-5-3-12-32-16/h16H,3-13H2,1-2H3/t16-/m0/s1. The summed E-state index contributed by atoms with van der Waals surface area (Å²) in [7, 11) is 0. The molecule has 11 heteroatoms. The minimum absolute atomic E-state index is 0.0532. The van der Waals surface area contributed by atoms with Crippen molar-refractivity contribution in [1.82, 2.24) is 29.4 Å². The molecule has 2 saturated heterocycles. The molecule has 0 aliphatic carbocycles. The van der Waals surface area contributed by atoms with Gasteiger partial charge in [-0.05, 0) is 51.6 Å². The van der Waals surface area contributed by atoms with Crippen molar-refractivity contribution in [1.29, 1.82) is 0 Å². The molecule has 2 aromatic rings. The summed E-state index contributed by atoms with van der Waals surface area (Å²) in [6.07, 6.45) is -0.502. The van der Waals surface area contributed by atoms with Crippen LogP contribution in [0.4, 0.5) is 13.2 Å².